The fraction of sp³-hybridized carbons (Fsp3) is 0.412. The number of aromatic nitrogens is 1. The highest BCUT2D eigenvalue weighted by molar-refractivity contribution is 5.94. The summed E-state index contributed by atoms with van der Waals surface area (Å²) < 4.78 is 0. The molecule has 1 aromatic heterocycles. The summed E-state index contributed by atoms with van der Waals surface area (Å²) in [7, 11) is 0. The van der Waals surface area contributed by atoms with Crippen LogP contribution in [-0.2, 0) is 16.0 Å². The van der Waals surface area contributed by atoms with E-state index in [0.717, 1.165) is 29.3 Å². The molecule has 0 aliphatic heterocycles. The number of nitrogens with two attached hydrogens (primary N) is 1. The van der Waals surface area contributed by atoms with Gasteiger partial charge in [-0.05, 0) is 37.8 Å². The van der Waals surface area contributed by atoms with Crippen molar-refractivity contribution in [2.24, 2.45) is 11.1 Å². The first-order chi connectivity index (χ1) is 10.0. The SMILES string of the molecule is CC(=O)C1(CC(=O)C(N)Cc2c[nH]c3ccccc23)CC1. The minimum Gasteiger partial charge on any atom is -0.361 e. The number of H-pyrrole nitrogens is 1. The quantitative estimate of drug-likeness (QED) is 0.855. The lowest BCUT2D eigenvalue weighted by atomic mass is 9.90. The molecule has 3 rings (SSSR count). The maximum absolute atomic E-state index is 12.3. The van der Waals surface area contributed by atoms with Crippen molar-refractivity contribution in [2.75, 3.05) is 0 Å². The Balaban J connectivity index is 1.70. The fourth-order valence-corrected chi connectivity index (χ4v) is 2.92. The zero-order valence-corrected chi connectivity index (χ0v) is 12.2. The molecule has 1 aliphatic rings. The van der Waals surface area contributed by atoms with Crippen molar-refractivity contribution in [2.45, 2.75) is 38.6 Å². The lowest BCUT2D eigenvalue weighted by Gasteiger charge is -2.14. The van der Waals surface area contributed by atoms with Gasteiger partial charge in [0.05, 0.1) is 6.04 Å². The molecule has 3 N–H and O–H groups in total. The molecule has 1 heterocycles. The van der Waals surface area contributed by atoms with Gasteiger partial charge in [0, 0.05) is 28.9 Å². The predicted octanol–water partition coefficient (Wildman–Crippen LogP) is 2.37. The first-order valence-corrected chi connectivity index (χ1v) is 7.36. The molecule has 1 unspecified atom stereocenters. The Labute approximate surface area is 123 Å². The Morgan fingerprint density at radius 2 is 2.05 bits per heavy atom. The normalized spacial score (nSPS) is 17.6. The van der Waals surface area contributed by atoms with Crippen LogP contribution in [-0.4, -0.2) is 22.6 Å². The Kier molecular flexibility index (Phi) is 3.41. The molecule has 4 nitrogen and oxygen atoms in total. The number of carbonyl (C=O) groups is 2. The Morgan fingerprint density at radius 1 is 1.33 bits per heavy atom. The van der Waals surface area contributed by atoms with E-state index in [4.69, 9.17) is 5.73 Å². The summed E-state index contributed by atoms with van der Waals surface area (Å²) in [5.41, 5.74) is 7.77. The second-order valence-corrected chi connectivity index (χ2v) is 6.15. The average molecular weight is 284 g/mol. The van der Waals surface area contributed by atoms with Gasteiger partial charge < -0.3 is 10.7 Å². The second-order valence-electron chi connectivity index (χ2n) is 6.15. The molecule has 1 saturated carbocycles. The summed E-state index contributed by atoms with van der Waals surface area (Å²) in [6.45, 7) is 1.57. The van der Waals surface area contributed by atoms with Gasteiger partial charge in [0.15, 0.2) is 5.78 Å². The van der Waals surface area contributed by atoms with Gasteiger partial charge in [-0.1, -0.05) is 18.2 Å². The molecule has 1 aliphatic carbocycles. The van der Waals surface area contributed by atoms with E-state index in [1.807, 2.05) is 30.5 Å². The molecule has 0 bridgehead atoms. The summed E-state index contributed by atoms with van der Waals surface area (Å²) in [6.07, 6.45) is 4.38. The second kappa shape index (κ2) is 5.11. The van der Waals surface area contributed by atoms with Crippen molar-refractivity contribution < 1.29 is 9.59 Å². The minimum atomic E-state index is -0.541. The molecule has 1 fully saturated rings. The van der Waals surface area contributed by atoms with Gasteiger partial charge in [-0.15, -0.1) is 0 Å². The van der Waals surface area contributed by atoms with Gasteiger partial charge in [0.25, 0.3) is 0 Å². The van der Waals surface area contributed by atoms with E-state index in [-0.39, 0.29) is 11.6 Å². The van der Waals surface area contributed by atoms with Crippen LogP contribution >= 0.6 is 0 Å². The van der Waals surface area contributed by atoms with Crippen LogP contribution in [0, 0.1) is 5.41 Å². The molecule has 110 valence electrons. The Hall–Kier alpha value is -1.94. The molecule has 2 aromatic rings. The van der Waals surface area contributed by atoms with E-state index >= 15 is 0 Å². The summed E-state index contributed by atoms with van der Waals surface area (Å²) in [5, 5.41) is 1.11. The van der Waals surface area contributed by atoms with Crippen molar-refractivity contribution in [1.82, 2.24) is 4.98 Å². The average Bonchev–Trinajstić information content (AvgIpc) is 3.14. The molecule has 0 amide bonds. The van der Waals surface area contributed by atoms with Crippen molar-refractivity contribution in [3.63, 3.8) is 0 Å². The lowest BCUT2D eigenvalue weighted by Crippen LogP contribution is -2.35. The van der Waals surface area contributed by atoms with E-state index in [2.05, 4.69) is 4.98 Å². The standard InChI is InChI=1S/C17H20N2O2/c1-11(20)17(6-7-17)9-16(21)14(18)8-12-10-19-15-5-3-2-4-13(12)15/h2-5,10,14,19H,6-9,18H2,1H3. The Morgan fingerprint density at radius 3 is 2.71 bits per heavy atom. The number of hydrogen-bond donors (Lipinski definition) is 2. The molecule has 1 aromatic carbocycles. The van der Waals surface area contributed by atoms with Crippen molar-refractivity contribution in [1.29, 1.82) is 0 Å². The number of fused-ring (bicyclic) bond motifs is 1. The lowest BCUT2D eigenvalue weighted by molar-refractivity contribution is -0.128. The maximum atomic E-state index is 12.3. The van der Waals surface area contributed by atoms with Gasteiger partial charge in [-0.3, -0.25) is 9.59 Å². The van der Waals surface area contributed by atoms with Crippen molar-refractivity contribution in [3.05, 3.63) is 36.0 Å². The van der Waals surface area contributed by atoms with E-state index in [9.17, 15) is 9.59 Å². The first-order valence-electron chi connectivity index (χ1n) is 7.36. The van der Waals surface area contributed by atoms with E-state index in [1.165, 1.54) is 0 Å². The van der Waals surface area contributed by atoms with Crippen LogP contribution in [0.2, 0.25) is 0 Å². The summed E-state index contributed by atoms with van der Waals surface area (Å²) in [4.78, 5) is 27.0. The third kappa shape index (κ3) is 2.63. The molecular formula is C17H20N2O2. The number of carbonyl (C=O) groups excluding carboxylic acids is 2. The highest BCUT2D eigenvalue weighted by atomic mass is 16.1. The highest BCUT2D eigenvalue weighted by Gasteiger charge is 2.48. The fourth-order valence-electron chi connectivity index (χ4n) is 2.92. The van der Waals surface area contributed by atoms with E-state index in [0.29, 0.717) is 12.8 Å². The smallest absolute Gasteiger partial charge is 0.150 e. The van der Waals surface area contributed by atoms with Crippen molar-refractivity contribution >= 4 is 22.5 Å². The largest absolute Gasteiger partial charge is 0.361 e. The van der Waals surface area contributed by atoms with E-state index < -0.39 is 11.5 Å². The summed E-state index contributed by atoms with van der Waals surface area (Å²) in [6, 6.07) is 7.43. The number of Topliss-reactive ketones (excluding diaryl/α,β-unsaturated/α-hetero) is 2. The molecule has 0 radical (unpaired) electrons. The van der Waals surface area contributed by atoms with Crippen LogP contribution in [0.1, 0.15) is 31.7 Å². The van der Waals surface area contributed by atoms with Gasteiger partial charge in [-0.25, -0.2) is 0 Å². The van der Waals surface area contributed by atoms with Crippen LogP contribution in [0.5, 0.6) is 0 Å². The van der Waals surface area contributed by atoms with Crippen LogP contribution in [0.4, 0.5) is 0 Å². The number of para-hydroxylation sites is 1. The number of nitrogens with one attached hydrogen (secondary N) is 1. The Bertz CT molecular complexity index is 698. The number of hydrogen-bond acceptors (Lipinski definition) is 3. The van der Waals surface area contributed by atoms with Crippen molar-refractivity contribution in [3.8, 4) is 0 Å². The highest BCUT2D eigenvalue weighted by Crippen LogP contribution is 2.49. The predicted molar refractivity (Wildman–Crippen MR) is 82.0 cm³/mol. The van der Waals surface area contributed by atoms with Crippen LogP contribution in [0.15, 0.2) is 30.5 Å². The van der Waals surface area contributed by atoms with Gasteiger partial charge >= 0.3 is 0 Å². The summed E-state index contributed by atoms with van der Waals surface area (Å²) >= 11 is 0. The zero-order valence-electron chi connectivity index (χ0n) is 12.2. The van der Waals surface area contributed by atoms with Gasteiger partial charge in [-0.2, -0.15) is 0 Å². The van der Waals surface area contributed by atoms with Gasteiger partial charge in [0.2, 0.25) is 0 Å². The van der Waals surface area contributed by atoms with Crippen LogP contribution in [0.25, 0.3) is 10.9 Å². The number of benzene rings is 1. The van der Waals surface area contributed by atoms with Crippen LogP contribution < -0.4 is 5.73 Å². The molecule has 0 saturated heterocycles. The monoisotopic (exact) mass is 284 g/mol. The summed E-state index contributed by atoms with van der Waals surface area (Å²) in [5.74, 6) is 0.114. The zero-order chi connectivity index (χ0) is 15.0. The maximum Gasteiger partial charge on any atom is 0.150 e. The number of aromatic amines is 1. The molecule has 0 spiro atoms. The third-order valence-electron chi connectivity index (χ3n) is 4.64. The first kappa shape index (κ1) is 14.0. The van der Waals surface area contributed by atoms with E-state index in [1.54, 1.807) is 6.92 Å². The number of rotatable bonds is 6. The van der Waals surface area contributed by atoms with Gasteiger partial charge in [0.1, 0.15) is 5.78 Å². The molecule has 4 heteroatoms. The molecular weight excluding hydrogens is 264 g/mol. The molecule has 21 heavy (non-hydrogen) atoms. The van der Waals surface area contributed by atoms with Crippen LogP contribution in [0.3, 0.4) is 0 Å². The molecule has 1 atom stereocenters. The topological polar surface area (TPSA) is 75.9 Å². The number of ketones is 2. The minimum absolute atomic E-state index is 0.00650. The third-order valence-corrected chi connectivity index (χ3v) is 4.64.